The maximum atomic E-state index is 11.2. The number of hydrogen-bond donors (Lipinski definition) is 2. The van der Waals surface area contributed by atoms with Crippen LogP contribution in [0.15, 0.2) is 47.5 Å². The van der Waals surface area contributed by atoms with Gasteiger partial charge in [0.15, 0.2) is 0 Å². The zero-order chi connectivity index (χ0) is 13.2. The number of hydrogen-bond acceptors (Lipinski definition) is 3. The van der Waals surface area contributed by atoms with Gasteiger partial charge in [-0.15, -0.1) is 0 Å². The maximum absolute atomic E-state index is 11.2. The quantitative estimate of drug-likeness (QED) is 0.827. The van der Waals surface area contributed by atoms with E-state index < -0.39 is 10.0 Å². The van der Waals surface area contributed by atoms with E-state index in [1.807, 2.05) is 0 Å². The Morgan fingerprint density at radius 3 is 2.41 bits per heavy atom. The molecule has 0 bridgehead atoms. The number of primary sulfonamides is 1. The zero-order valence-corrected chi connectivity index (χ0v) is 10.9. The van der Waals surface area contributed by atoms with Gasteiger partial charge in [-0.3, -0.25) is 0 Å². The monoisotopic (exact) mass is 272 g/mol. The minimum Gasteiger partial charge on any atom is -0.356 e. The third-order valence-electron chi connectivity index (χ3n) is 2.01. The van der Waals surface area contributed by atoms with Crippen LogP contribution >= 0.6 is 11.6 Å². The van der Waals surface area contributed by atoms with E-state index in [1.54, 1.807) is 13.0 Å². The van der Waals surface area contributed by atoms with E-state index in [0.29, 0.717) is 11.4 Å². The van der Waals surface area contributed by atoms with E-state index >= 15 is 0 Å². The van der Waals surface area contributed by atoms with Crippen LogP contribution < -0.4 is 10.5 Å². The number of anilines is 1. The molecule has 0 atom stereocenters. The van der Waals surface area contributed by atoms with Crippen molar-refractivity contribution in [2.75, 3.05) is 5.32 Å². The molecule has 0 aliphatic rings. The Balaban J connectivity index is 3.15. The molecule has 4 nitrogen and oxygen atoms in total. The average molecular weight is 273 g/mol. The molecule has 1 aromatic carbocycles. The summed E-state index contributed by atoms with van der Waals surface area (Å²) in [6, 6.07) is 4.24. The molecule has 0 unspecified atom stereocenters. The van der Waals surface area contributed by atoms with Crippen LogP contribution in [0.2, 0.25) is 5.02 Å². The highest BCUT2D eigenvalue weighted by Crippen LogP contribution is 2.23. The summed E-state index contributed by atoms with van der Waals surface area (Å²) in [5.74, 6) is 0. The summed E-state index contributed by atoms with van der Waals surface area (Å²) < 4.78 is 22.4. The van der Waals surface area contributed by atoms with Gasteiger partial charge in [0.25, 0.3) is 0 Å². The molecular weight excluding hydrogens is 260 g/mol. The van der Waals surface area contributed by atoms with E-state index in [2.05, 4.69) is 18.5 Å². The van der Waals surface area contributed by atoms with Crippen LogP contribution in [-0.2, 0) is 10.0 Å². The lowest BCUT2D eigenvalue weighted by molar-refractivity contribution is 0.598. The largest absolute Gasteiger partial charge is 0.356 e. The Morgan fingerprint density at radius 1 is 1.35 bits per heavy atom. The topological polar surface area (TPSA) is 72.2 Å². The fraction of sp³-hybridized carbons (Fsp3) is 0.0909. The molecule has 0 aromatic heterocycles. The fourth-order valence-corrected chi connectivity index (χ4v) is 1.96. The van der Waals surface area contributed by atoms with E-state index in [4.69, 9.17) is 16.7 Å². The van der Waals surface area contributed by atoms with Crippen molar-refractivity contribution in [2.45, 2.75) is 11.8 Å². The lowest BCUT2D eigenvalue weighted by Crippen LogP contribution is -2.12. The van der Waals surface area contributed by atoms with Gasteiger partial charge in [0.1, 0.15) is 0 Å². The summed E-state index contributed by atoms with van der Waals surface area (Å²) in [5.41, 5.74) is 1.81. The predicted octanol–water partition coefficient (Wildman–Crippen LogP) is 2.49. The first kappa shape index (κ1) is 13.8. The number of halogens is 1. The van der Waals surface area contributed by atoms with E-state index in [9.17, 15) is 8.42 Å². The smallest absolute Gasteiger partial charge is 0.238 e. The lowest BCUT2D eigenvalue weighted by atomic mass is 10.2. The number of sulfonamides is 1. The molecule has 1 rings (SSSR count). The fourth-order valence-electron chi connectivity index (χ4n) is 1.08. The number of allylic oxidation sites excluding steroid dienone is 1. The molecule has 0 aliphatic heterocycles. The highest BCUT2D eigenvalue weighted by atomic mass is 35.5. The second kappa shape index (κ2) is 4.91. The SMILES string of the molecule is C=C(C)C(=C)Nc1cc(Cl)cc(S(N)(=O)=O)c1. The predicted molar refractivity (Wildman–Crippen MR) is 70.4 cm³/mol. The molecule has 0 radical (unpaired) electrons. The normalized spacial score (nSPS) is 11.0. The number of benzene rings is 1. The van der Waals surface area contributed by atoms with Gasteiger partial charge in [-0.05, 0) is 30.7 Å². The van der Waals surface area contributed by atoms with Gasteiger partial charge in [-0.25, -0.2) is 13.6 Å². The van der Waals surface area contributed by atoms with Crippen molar-refractivity contribution in [3.05, 3.63) is 47.6 Å². The summed E-state index contributed by atoms with van der Waals surface area (Å²) >= 11 is 5.81. The van der Waals surface area contributed by atoms with Crippen LogP contribution in [0.5, 0.6) is 0 Å². The number of rotatable bonds is 4. The Hall–Kier alpha value is -1.30. The summed E-state index contributed by atoms with van der Waals surface area (Å²) in [7, 11) is -3.78. The Morgan fingerprint density at radius 2 is 1.94 bits per heavy atom. The third-order valence-corrected chi connectivity index (χ3v) is 3.12. The van der Waals surface area contributed by atoms with Crippen molar-refractivity contribution in [1.82, 2.24) is 0 Å². The van der Waals surface area contributed by atoms with Crippen molar-refractivity contribution >= 4 is 27.3 Å². The van der Waals surface area contributed by atoms with E-state index in [0.717, 1.165) is 5.57 Å². The van der Waals surface area contributed by atoms with Crippen LogP contribution in [-0.4, -0.2) is 8.42 Å². The van der Waals surface area contributed by atoms with Crippen LogP contribution in [0.4, 0.5) is 5.69 Å². The molecule has 3 N–H and O–H groups in total. The third kappa shape index (κ3) is 3.89. The van der Waals surface area contributed by atoms with Gasteiger partial charge in [-0.1, -0.05) is 24.8 Å². The summed E-state index contributed by atoms with van der Waals surface area (Å²) in [6.07, 6.45) is 0. The van der Waals surface area contributed by atoms with Gasteiger partial charge in [0.05, 0.1) is 4.90 Å². The highest BCUT2D eigenvalue weighted by molar-refractivity contribution is 7.89. The van der Waals surface area contributed by atoms with Gasteiger partial charge < -0.3 is 5.32 Å². The van der Waals surface area contributed by atoms with Gasteiger partial charge >= 0.3 is 0 Å². The Bertz CT molecular complexity index is 579. The second-order valence-electron chi connectivity index (χ2n) is 3.60. The summed E-state index contributed by atoms with van der Waals surface area (Å²) in [5, 5.41) is 8.20. The summed E-state index contributed by atoms with van der Waals surface area (Å²) in [6.45, 7) is 9.22. The van der Waals surface area contributed by atoms with Crippen molar-refractivity contribution < 1.29 is 8.42 Å². The molecule has 17 heavy (non-hydrogen) atoms. The molecule has 0 saturated heterocycles. The first-order valence-corrected chi connectivity index (χ1v) is 6.58. The summed E-state index contributed by atoms with van der Waals surface area (Å²) in [4.78, 5) is -0.0537. The van der Waals surface area contributed by atoms with Crippen molar-refractivity contribution in [2.24, 2.45) is 5.14 Å². The molecule has 6 heteroatoms. The first-order valence-electron chi connectivity index (χ1n) is 4.65. The van der Waals surface area contributed by atoms with Gasteiger partial charge in [0.2, 0.25) is 10.0 Å². The lowest BCUT2D eigenvalue weighted by Gasteiger charge is -2.10. The second-order valence-corrected chi connectivity index (χ2v) is 5.60. The molecule has 0 saturated carbocycles. The minimum absolute atomic E-state index is 0.0537. The molecule has 0 spiro atoms. The molecule has 0 heterocycles. The van der Waals surface area contributed by atoms with Crippen molar-refractivity contribution in [3.63, 3.8) is 0 Å². The van der Waals surface area contributed by atoms with E-state index in [1.165, 1.54) is 12.1 Å². The number of nitrogens with one attached hydrogen (secondary N) is 1. The number of nitrogens with two attached hydrogens (primary N) is 1. The Labute approximate surface area is 106 Å². The highest BCUT2D eigenvalue weighted by Gasteiger charge is 2.10. The first-order chi connectivity index (χ1) is 7.70. The molecule has 92 valence electrons. The van der Waals surface area contributed by atoms with Gasteiger partial charge in [0, 0.05) is 16.4 Å². The van der Waals surface area contributed by atoms with Gasteiger partial charge in [-0.2, -0.15) is 0 Å². The molecule has 0 aliphatic carbocycles. The van der Waals surface area contributed by atoms with Crippen LogP contribution in [0.25, 0.3) is 0 Å². The molecule has 1 aromatic rings. The molecule has 0 amide bonds. The van der Waals surface area contributed by atoms with Crippen LogP contribution in [0.1, 0.15) is 6.92 Å². The average Bonchev–Trinajstić information content (AvgIpc) is 2.15. The Kier molecular flexibility index (Phi) is 3.98. The molecular formula is C11H13ClN2O2S. The molecule has 0 fully saturated rings. The van der Waals surface area contributed by atoms with Crippen LogP contribution in [0, 0.1) is 0 Å². The van der Waals surface area contributed by atoms with Crippen molar-refractivity contribution in [3.8, 4) is 0 Å². The minimum atomic E-state index is -3.78. The van der Waals surface area contributed by atoms with E-state index in [-0.39, 0.29) is 9.92 Å². The zero-order valence-electron chi connectivity index (χ0n) is 9.33. The standard InChI is InChI=1S/C11H13ClN2O2S/c1-7(2)8(3)14-10-4-9(12)5-11(6-10)17(13,15)16/h4-6,14H,1,3H2,2H3,(H2,13,15,16). The van der Waals surface area contributed by atoms with Crippen LogP contribution in [0.3, 0.4) is 0 Å². The van der Waals surface area contributed by atoms with Crippen molar-refractivity contribution in [1.29, 1.82) is 0 Å². The maximum Gasteiger partial charge on any atom is 0.238 e.